The maximum absolute atomic E-state index is 13.8. The molecule has 10 heteroatoms. The Kier molecular flexibility index (Phi) is 11.2. The van der Waals surface area contributed by atoms with Crippen molar-refractivity contribution in [2.45, 2.75) is 61.6 Å². The van der Waals surface area contributed by atoms with Crippen molar-refractivity contribution in [2.24, 2.45) is 0 Å². The van der Waals surface area contributed by atoms with E-state index in [-0.39, 0.29) is 29.9 Å². The zero-order valence-electron chi connectivity index (χ0n) is 24.9. The average molecular weight is 622 g/mol. The highest BCUT2D eigenvalue weighted by atomic mass is 32.2. The van der Waals surface area contributed by atoms with Gasteiger partial charge in [0.15, 0.2) is 6.10 Å². The van der Waals surface area contributed by atoms with Gasteiger partial charge in [-0.05, 0) is 68.1 Å². The van der Waals surface area contributed by atoms with Gasteiger partial charge < -0.3 is 25.4 Å². The molecular weight excluding hydrogens is 583 g/mol. The Morgan fingerprint density at radius 3 is 2.40 bits per heavy atom. The van der Waals surface area contributed by atoms with Gasteiger partial charge in [-0.15, -0.1) is 23.5 Å². The number of carbonyl (C=O) groups is 3. The minimum absolute atomic E-state index is 0.106. The van der Waals surface area contributed by atoms with Crippen LogP contribution in [0.2, 0.25) is 0 Å². The Balaban J connectivity index is 1.47. The van der Waals surface area contributed by atoms with E-state index < -0.39 is 28.8 Å². The zero-order valence-corrected chi connectivity index (χ0v) is 26.5. The van der Waals surface area contributed by atoms with Crippen molar-refractivity contribution in [1.82, 2.24) is 15.5 Å². The summed E-state index contributed by atoms with van der Waals surface area (Å²) in [5.74, 6) is -0.0859. The van der Waals surface area contributed by atoms with Crippen LogP contribution in [0.15, 0.2) is 83.8 Å². The summed E-state index contributed by atoms with van der Waals surface area (Å²) in [6, 6.07) is 22.9. The van der Waals surface area contributed by atoms with Crippen LogP contribution in [0.25, 0.3) is 0 Å². The van der Waals surface area contributed by atoms with E-state index in [0.29, 0.717) is 6.54 Å². The Bertz CT molecular complexity index is 1400. The molecule has 1 heterocycles. The van der Waals surface area contributed by atoms with Crippen LogP contribution in [-0.4, -0.2) is 69.4 Å². The van der Waals surface area contributed by atoms with E-state index in [4.69, 9.17) is 4.74 Å². The van der Waals surface area contributed by atoms with Crippen LogP contribution in [0.3, 0.4) is 0 Å². The van der Waals surface area contributed by atoms with E-state index >= 15 is 0 Å². The van der Waals surface area contributed by atoms with Gasteiger partial charge in [-0.1, -0.05) is 54.6 Å². The van der Waals surface area contributed by atoms with Crippen LogP contribution in [0, 0.1) is 6.92 Å². The molecule has 0 aromatic heterocycles. The van der Waals surface area contributed by atoms with Crippen molar-refractivity contribution in [3.8, 4) is 5.75 Å². The summed E-state index contributed by atoms with van der Waals surface area (Å²) in [7, 11) is 1.59. The second-order valence-electron chi connectivity index (χ2n) is 11.0. The summed E-state index contributed by atoms with van der Waals surface area (Å²) >= 11 is 2.84. The number of hydrogen-bond acceptors (Lipinski definition) is 7. The van der Waals surface area contributed by atoms with Gasteiger partial charge in [0.05, 0.1) is 24.8 Å². The molecule has 0 unspecified atom stereocenters. The molecular formula is C33H39N3O5S2. The van der Waals surface area contributed by atoms with Crippen LogP contribution < -0.4 is 15.4 Å². The van der Waals surface area contributed by atoms with Crippen LogP contribution in [-0.2, 0) is 27.3 Å². The minimum atomic E-state index is -1.55. The number of benzene rings is 3. The van der Waals surface area contributed by atoms with Gasteiger partial charge in [-0.25, -0.2) is 0 Å². The molecule has 3 atom stereocenters. The number of carbonyl (C=O) groups excluding carboxylic acids is 3. The smallest absolute Gasteiger partial charge is 0.254 e. The predicted molar refractivity (Wildman–Crippen MR) is 172 cm³/mol. The van der Waals surface area contributed by atoms with E-state index in [1.165, 1.54) is 28.4 Å². The molecule has 1 aliphatic rings. The lowest BCUT2D eigenvalue weighted by Gasteiger charge is -2.33. The first-order valence-corrected chi connectivity index (χ1v) is 16.1. The van der Waals surface area contributed by atoms with Gasteiger partial charge in [0.25, 0.3) is 5.91 Å². The summed E-state index contributed by atoms with van der Waals surface area (Å²) in [5.41, 5.74) is 2.93. The van der Waals surface area contributed by atoms with Crippen molar-refractivity contribution in [2.75, 3.05) is 18.7 Å². The number of aryl methyl sites for hydroxylation is 1. The number of methoxy groups -OCH3 is 1. The molecule has 43 heavy (non-hydrogen) atoms. The molecule has 0 saturated carbocycles. The third kappa shape index (κ3) is 8.55. The maximum atomic E-state index is 13.8. The van der Waals surface area contributed by atoms with Gasteiger partial charge in [0, 0.05) is 16.2 Å². The highest BCUT2D eigenvalue weighted by molar-refractivity contribution is 8.01. The van der Waals surface area contributed by atoms with Crippen LogP contribution in [0.1, 0.15) is 30.5 Å². The molecule has 3 aromatic carbocycles. The van der Waals surface area contributed by atoms with Gasteiger partial charge in [0.2, 0.25) is 11.8 Å². The van der Waals surface area contributed by atoms with Crippen molar-refractivity contribution in [1.29, 1.82) is 0 Å². The number of nitrogens with one attached hydrogen (secondary N) is 2. The van der Waals surface area contributed by atoms with Crippen molar-refractivity contribution in [3.05, 3.63) is 95.6 Å². The second kappa shape index (κ2) is 14.8. The van der Waals surface area contributed by atoms with Crippen molar-refractivity contribution in [3.63, 3.8) is 0 Å². The fourth-order valence-corrected chi connectivity index (χ4v) is 6.87. The minimum Gasteiger partial charge on any atom is -0.497 e. The number of thioether (sulfide) groups is 2. The maximum Gasteiger partial charge on any atom is 0.254 e. The summed E-state index contributed by atoms with van der Waals surface area (Å²) in [6.45, 7) is 6.18. The predicted octanol–water partition coefficient (Wildman–Crippen LogP) is 4.18. The highest BCUT2D eigenvalue weighted by Gasteiger charge is 2.49. The number of ether oxygens (including phenoxy) is 1. The quantitative estimate of drug-likeness (QED) is 0.261. The van der Waals surface area contributed by atoms with Gasteiger partial charge >= 0.3 is 0 Å². The number of rotatable bonds is 12. The highest BCUT2D eigenvalue weighted by Crippen LogP contribution is 2.40. The lowest BCUT2D eigenvalue weighted by molar-refractivity contribution is -0.147. The molecule has 4 rings (SSSR count). The Morgan fingerprint density at radius 2 is 1.72 bits per heavy atom. The molecule has 0 bridgehead atoms. The van der Waals surface area contributed by atoms with E-state index in [2.05, 4.69) is 10.6 Å². The van der Waals surface area contributed by atoms with E-state index in [9.17, 15) is 19.5 Å². The van der Waals surface area contributed by atoms with Crippen molar-refractivity contribution >= 4 is 41.2 Å². The number of aliphatic hydroxyl groups excluding tert-OH is 1. The van der Waals surface area contributed by atoms with E-state index in [0.717, 1.165) is 27.3 Å². The fourth-order valence-electron chi connectivity index (χ4n) is 5.02. The lowest BCUT2D eigenvalue weighted by Crippen LogP contribution is -2.58. The monoisotopic (exact) mass is 621 g/mol. The largest absolute Gasteiger partial charge is 0.497 e. The summed E-state index contributed by atoms with van der Waals surface area (Å²) in [5, 5.41) is 17.3. The average Bonchev–Trinajstić information content (AvgIpc) is 3.33. The van der Waals surface area contributed by atoms with Crippen molar-refractivity contribution < 1.29 is 24.2 Å². The molecule has 1 aliphatic heterocycles. The summed E-state index contributed by atoms with van der Waals surface area (Å²) in [6.07, 6.45) is -1.29. The first-order valence-electron chi connectivity index (χ1n) is 14.1. The Morgan fingerprint density at radius 1 is 1.05 bits per heavy atom. The topological polar surface area (TPSA) is 108 Å². The van der Waals surface area contributed by atoms with Gasteiger partial charge in [-0.3, -0.25) is 14.4 Å². The van der Waals surface area contributed by atoms with Crippen LogP contribution in [0.4, 0.5) is 0 Å². The Hall–Kier alpha value is -3.47. The standard InChI is InChI=1S/C33H39N3O5S2/c1-22-10-8-9-13-24(22)19-34-31(39)30-33(2,3)43-21-36(30)32(40)29(38)27(18-23-11-6-5-7-12-23)35-28(37)20-42-26-16-14-25(41-4)15-17-26/h5-17,27,29-30,38H,18-21H2,1-4H3,(H,34,39)(H,35,37)/t27-,29-,30+/m0/s1. The molecule has 8 nitrogen and oxygen atoms in total. The van der Waals surface area contributed by atoms with Gasteiger partial charge in [0.1, 0.15) is 11.8 Å². The number of amides is 3. The molecule has 228 valence electrons. The summed E-state index contributed by atoms with van der Waals surface area (Å²) < 4.78 is 4.62. The van der Waals surface area contributed by atoms with E-state index in [1.54, 1.807) is 7.11 Å². The fraction of sp³-hybridized carbons (Fsp3) is 0.364. The molecule has 1 fully saturated rings. The Labute approximate surface area is 262 Å². The molecule has 0 spiro atoms. The zero-order chi connectivity index (χ0) is 31.0. The number of hydrogen-bond donors (Lipinski definition) is 3. The molecule has 3 aromatic rings. The third-order valence-electron chi connectivity index (χ3n) is 7.50. The molecule has 0 radical (unpaired) electrons. The normalized spacial score (nSPS) is 17.1. The number of nitrogens with zero attached hydrogens (tertiary/aromatic N) is 1. The van der Waals surface area contributed by atoms with E-state index in [1.807, 2.05) is 99.6 Å². The molecule has 0 aliphatic carbocycles. The molecule has 1 saturated heterocycles. The number of aliphatic hydroxyl groups is 1. The SMILES string of the molecule is COc1ccc(SCC(=O)N[C@@H](Cc2ccccc2)[C@H](O)C(=O)N2CSC(C)(C)[C@H]2C(=O)NCc2ccccc2C)cc1. The molecule has 3 amide bonds. The summed E-state index contributed by atoms with van der Waals surface area (Å²) in [4.78, 5) is 42.7. The first kappa shape index (κ1) is 32.4. The first-order chi connectivity index (χ1) is 20.6. The molecule has 3 N–H and O–H groups in total. The lowest BCUT2D eigenvalue weighted by atomic mass is 9.97. The van der Waals surface area contributed by atoms with Gasteiger partial charge in [-0.2, -0.15) is 0 Å². The second-order valence-corrected chi connectivity index (χ2v) is 13.7. The third-order valence-corrected chi connectivity index (χ3v) is 9.89. The van der Waals surface area contributed by atoms with Crippen LogP contribution in [0.5, 0.6) is 5.75 Å². The van der Waals surface area contributed by atoms with Crippen LogP contribution >= 0.6 is 23.5 Å².